The van der Waals surface area contributed by atoms with Crippen LogP contribution in [0.4, 0.5) is 29.3 Å². The molecule has 3 aromatic rings. The molecule has 154 valence electrons. The fraction of sp³-hybridized carbons (Fsp3) is 0.190. The highest BCUT2D eigenvalue weighted by atomic mass is 19.4. The standard InChI is InChI=1S/C21H17F3N4O2/c1-13-2-6-17(12-25-13)30-19-7-5-16(11-26-19)27-20(29)28-9-8-14-3-4-15(10-18(14)28)21(22,23)24/h2-7,10-12H,8-9H2,1H3,(H,27,29). The molecule has 0 radical (unpaired) electrons. The smallest absolute Gasteiger partial charge is 0.416 e. The first-order valence-corrected chi connectivity index (χ1v) is 9.15. The first-order chi connectivity index (χ1) is 14.3. The van der Waals surface area contributed by atoms with Crippen molar-refractivity contribution < 1.29 is 22.7 Å². The van der Waals surface area contributed by atoms with Gasteiger partial charge < -0.3 is 10.1 Å². The number of nitrogens with zero attached hydrogens (tertiary/aromatic N) is 3. The molecule has 0 fully saturated rings. The van der Waals surface area contributed by atoms with E-state index in [0.717, 1.165) is 17.8 Å². The number of alkyl halides is 3. The van der Waals surface area contributed by atoms with Crippen LogP contribution in [0, 0.1) is 6.92 Å². The van der Waals surface area contributed by atoms with E-state index in [1.54, 1.807) is 24.4 Å². The molecule has 3 heterocycles. The number of amides is 2. The number of anilines is 2. The Labute approximate surface area is 170 Å². The van der Waals surface area contributed by atoms with Crippen LogP contribution in [0.25, 0.3) is 0 Å². The van der Waals surface area contributed by atoms with Crippen LogP contribution in [-0.2, 0) is 12.6 Å². The third-order valence-electron chi connectivity index (χ3n) is 4.65. The Morgan fingerprint density at radius 3 is 2.60 bits per heavy atom. The number of aromatic nitrogens is 2. The zero-order chi connectivity index (χ0) is 21.3. The molecule has 0 atom stereocenters. The Hall–Kier alpha value is -3.62. The summed E-state index contributed by atoms with van der Waals surface area (Å²) < 4.78 is 44.6. The summed E-state index contributed by atoms with van der Waals surface area (Å²) in [7, 11) is 0. The number of ether oxygens (including phenoxy) is 1. The van der Waals surface area contributed by atoms with Gasteiger partial charge in [-0.2, -0.15) is 13.2 Å². The Morgan fingerprint density at radius 1 is 1.10 bits per heavy atom. The molecule has 0 spiro atoms. The van der Waals surface area contributed by atoms with Crippen LogP contribution in [0.2, 0.25) is 0 Å². The molecule has 0 saturated carbocycles. The quantitative estimate of drug-likeness (QED) is 0.641. The molecule has 6 nitrogen and oxygen atoms in total. The molecular weight excluding hydrogens is 397 g/mol. The third-order valence-corrected chi connectivity index (χ3v) is 4.65. The number of pyridine rings is 2. The third kappa shape index (κ3) is 4.19. The number of carbonyl (C=O) groups excluding carboxylic acids is 1. The number of aryl methyl sites for hydroxylation is 1. The second-order valence-electron chi connectivity index (χ2n) is 6.80. The van der Waals surface area contributed by atoms with Crippen molar-refractivity contribution in [2.45, 2.75) is 19.5 Å². The second-order valence-corrected chi connectivity index (χ2v) is 6.80. The summed E-state index contributed by atoms with van der Waals surface area (Å²) in [5, 5.41) is 2.66. The molecule has 30 heavy (non-hydrogen) atoms. The Kier molecular flexibility index (Phi) is 5.03. The highest BCUT2D eigenvalue weighted by Gasteiger charge is 2.33. The molecule has 0 saturated heterocycles. The monoisotopic (exact) mass is 414 g/mol. The average Bonchev–Trinajstić information content (AvgIpc) is 3.14. The van der Waals surface area contributed by atoms with Gasteiger partial charge >= 0.3 is 12.2 Å². The normalized spacial score (nSPS) is 13.1. The molecule has 0 bridgehead atoms. The number of urea groups is 1. The van der Waals surface area contributed by atoms with Gasteiger partial charge in [0.1, 0.15) is 5.75 Å². The predicted octanol–water partition coefficient (Wildman–Crippen LogP) is 5.19. The van der Waals surface area contributed by atoms with Gasteiger partial charge in [0.25, 0.3) is 0 Å². The molecule has 2 amide bonds. The van der Waals surface area contributed by atoms with E-state index in [2.05, 4.69) is 15.3 Å². The summed E-state index contributed by atoms with van der Waals surface area (Å²) in [6.07, 6.45) is -0.978. The fourth-order valence-corrected chi connectivity index (χ4v) is 3.11. The van der Waals surface area contributed by atoms with Crippen LogP contribution in [-0.4, -0.2) is 22.5 Å². The van der Waals surface area contributed by atoms with Gasteiger partial charge in [-0.25, -0.2) is 9.78 Å². The minimum absolute atomic E-state index is 0.266. The van der Waals surface area contributed by atoms with Gasteiger partial charge in [0, 0.05) is 24.0 Å². The summed E-state index contributed by atoms with van der Waals surface area (Å²) in [6.45, 7) is 2.17. The van der Waals surface area contributed by atoms with Crippen LogP contribution < -0.4 is 15.0 Å². The zero-order valence-electron chi connectivity index (χ0n) is 15.9. The number of carbonyl (C=O) groups is 1. The Balaban J connectivity index is 1.44. The largest absolute Gasteiger partial charge is 0.437 e. The van der Waals surface area contributed by atoms with Crippen molar-refractivity contribution >= 4 is 17.4 Å². The first-order valence-electron chi connectivity index (χ1n) is 9.15. The first kappa shape index (κ1) is 19.7. The molecule has 0 unspecified atom stereocenters. The molecular formula is C21H17F3N4O2. The van der Waals surface area contributed by atoms with Gasteiger partial charge in [-0.1, -0.05) is 6.07 Å². The lowest BCUT2D eigenvalue weighted by molar-refractivity contribution is -0.137. The van der Waals surface area contributed by atoms with Gasteiger partial charge in [0.15, 0.2) is 0 Å². The predicted molar refractivity (Wildman–Crippen MR) is 105 cm³/mol. The van der Waals surface area contributed by atoms with Crippen molar-refractivity contribution in [3.05, 3.63) is 71.7 Å². The van der Waals surface area contributed by atoms with Crippen LogP contribution in [0.1, 0.15) is 16.8 Å². The van der Waals surface area contributed by atoms with Crippen molar-refractivity contribution in [1.82, 2.24) is 9.97 Å². The van der Waals surface area contributed by atoms with E-state index >= 15 is 0 Å². The van der Waals surface area contributed by atoms with Gasteiger partial charge in [-0.3, -0.25) is 9.88 Å². The summed E-state index contributed by atoms with van der Waals surface area (Å²) >= 11 is 0. The molecule has 9 heteroatoms. The fourth-order valence-electron chi connectivity index (χ4n) is 3.11. The molecule has 0 aliphatic carbocycles. The number of halogens is 3. The van der Waals surface area contributed by atoms with Gasteiger partial charge in [-0.15, -0.1) is 0 Å². The van der Waals surface area contributed by atoms with Crippen molar-refractivity contribution in [2.24, 2.45) is 0 Å². The lowest BCUT2D eigenvalue weighted by Crippen LogP contribution is -2.33. The van der Waals surface area contributed by atoms with Gasteiger partial charge in [0.05, 0.1) is 23.6 Å². The van der Waals surface area contributed by atoms with E-state index in [0.29, 0.717) is 35.8 Å². The molecule has 1 aromatic carbocycles. The topological polar surface area (TPSA) is 67.3 Å². The Morgan fingerprint density at radius 2 is 1.93 bits per heavy atom. The number of hydrogen-bond donors (Lipinski definition) is 1. The summed E-state index contributed by atoms with van der Waals surface area (Å²) in [6, 6.07) is 9.69. The van der Waals surface area contributed by atoms with Crippen molar-refractivity contribution in [1.29, 1.82) is 0 Å². The lowest BCUT2D eigenvalue weighted by atomic mass is 10.1. The number of fused-ring (bicyclic) bond motifs is 1. The lowest BCUT2D eigenvalue weighted by Gasteiger charge is -2.19. The van der Waals surface area contributed by atoms with E-state index in [9.17, 15) is 18.0 Å². The minimum Gasteiger partial charge on any atom is -0.437 e. The maximum absolute atomic E-state index is 13.0. The molecule has 1 aliphatic heterocycles. The van der Waals surface area contributed by atoms with E-state index in [-0.39, 0.29) is 5.69 Å². The number of nitrogens with one attached hydrogen (secondary N) is 1. The summed E-state index contributed by atoms with van der Waals surface area (Å²) in [5.41, 5.74) is 1.44. The van der Waals surface area contributed by atoms with E-state index < -0.39 is 17.8 Å². The molecule has 2 aromatic heterocycles. The summed E-state index contributed by atoms with van der Waals surface area (Å²) in [4.78, 5) is 22.2. The zero-order valence-corrected chi connectivity index (χ0v) is 15.9. The maximum Gasteiger partial charge on any atom is 0.416 e. The van der Waals surface area contributed by atoms with Crippen molar-refractivity contribution in [3.63, 3.8) is 0 Å². The van der Waals surface area contributed by atoms with E-state index in [4.69, 9.17) is 4.74 Å². The molecule has 1 N–H and O–H groups in total. The highest BCUT2D eigenvalue weighted by Crippen LogP contribution is 2.36. The van der Waals surface area contributed by atoms with Gasteiger partial charge in [0.2, 0.25) is 5.88 Å². The molecule has 1 aliphatic rings. The van der Waals surface area contributed by atoms with Crippen molar-refractivity contribution in [3.8, 4) is 11.6 Å². The number of rotatable bonds is 3. The second kappa shape index (κ2) is 7.66. The van der Waals surface area contributed by atoms with Crippen molar-refractivity contribution in [2.75, 3.05) is 16.8 Å². The van der Waals surface area contributed by atoms with Crippen LogP contribution in [0.15, 0.2) is 54.9 Å². The van der Waals surface area contributed by atoms with Crippen LogP contribution >= 0.6 is 0 Å². The SMILES string of the molecule is Cc1ccc(Oc2ccc(NC(=O)N3CCc4ccc(C(F)(F)F)cc43)cn2)cn1. The minimum atomic E-state index is -4.47. The Bertz CT molecular complexity index is 1070. The maximum atomic E-state index is 13.0. The van der Waals surface area contributed by atoms with E-state index in [1.807, 2.05) is 13.0 Å². The van der Waals surface area contributed by atoms with Crippen LogP contribution in [0.5, 0.6) is 11.6 Å². The van der Waals surface area contributed by atoms with E-state index in [1.165, 1.54) is 17.2 Å². The average molecular weight is 414 g/mol. The van der Waals surface area contributed by atoms with Gasteiger partial charge in [-0.05, 0) is 49.2 Å². The molecule has 4 rings (SSSR count). The summed E-state index contributed by atoms with van der Waals surface area (Å²) in [5.74, 6) is 0.846. The highest BCUT2D eigenvalue weighted by molar-refractivity contribution is 6.03. The number of hydrogen-bond acceptors (Lipinski definition) is 4. The van der Waals surface area contributed by atoms with Crippen LogP contribution in [0.3, 0.4) is 0 Å². The number of benzene rings is 1.